The van der Waals surface area contributed by atoms with Gasteiger partial charge in [0.1, 0.15) is 10.6 Å². The summed E-state index contributed by atoms with van der Waals surface area (Å²) in [5, 5.41) is 0.174. The van der Waals surface area contributed by atoms with Crippen molar-refractivity contribution in [3.8, 4) is 5.75 Å². The zero-order valence-electron chi connectivity index (χ0n) is 10.0. The molecule has 17 heavy (non-hydrogen) atoms. The van der Waals surface area contributed by atoms with Crippen molar-refractivity contribution >= 4 is 16.9 Å². The van der Waals surface area contributed by atoms with Crippen LogP contribution in [-0.2, 0) is 4.87 Å². The molecule has 3 nitrogen and oxygen atoms in total. The van der Waals surface area contributed by atoms with E-state index in [2.05, 4.69) is 11.9 Å². The third kappa shape index (κ3) is 1.44. The molecule has 2 aliphatic rings. The van der Waals surface area contributed by atoms with Gasteiger partial charge < -0.3 is 4.74 Å². The zero-order chi connectivity index (χ0) is 12.0. The van der Waals surface area contributed by atoms with Crippen molar-refractivity contribution in [3.63, 3.8) is 0 Å². The van der Waals surface area contributed by atoms with Crippen molar-refractivity contribution in [1.82, 2.24) is 4.90 Å². The second-order valence-corrected chi connectivity index (χ2v) is 5.86. The van der Waals surface area contributed by atoms with Crippen LogP contribution in [-0.4, -0.2) is 30.7 Å². The summed E-state index contributed by atoms with van der Waals surface area (Å²) in [6.45, 7) is 1.06. The Morgan fingerprint density at radius 2 is 2.29 bits per heavy atom. The lowest BCUT2D eigenvalue weighted by atomic mass is 9.98. The average Bonchev–Trinajstić information content (AvgIpc) is 2.83. The van der Waals surface area contributed by atoms with Crippen LogP contribution in [0.2, 0.25) is 0 Å². The molecule has 1 unspecified atom stereocenters. The normalized spacial score (nSPS) is 27.8. The Morgan fingerprint density at radius 1 is 1.47 bits per heavy atom. The summed E-state index contributed by atoms with van der Waals surface area (Å²) in [4.78, 5) is 14.3. The summed E-state index contributed by atoms with van der Waals surface area (Å²) >= 11 is 1.46. The average molecular weight is 249 g/mol. The van der Waals surface area contributed by atoms with Crippen molar-refractivity contribution < 1.29 is 9.53 Å². The van der Waals surface area contributed by atoms with Gasteiger partial charge in [-0.15, -0.1) is 0 Å². The third-order valence-electron chi connectivity index (χ3n) is 3.75. The van der Waals surface area contributed by atoms with E-state index in [0.717, 1.165) is 36.3 Å². The van der Waals surface area contributed by atoms with Gasteiger partial charge in [0.05, 0.1) is 7.11 Å². The summed E-state index contributed by atoms with van der Waals surface area (Å²) in [5.74, 6) is 0.760. The minimum Gasteiger partial charge on any atom is -0.497 e. The predicted molar refractivity (Wildman–Crippen MR) is 68.5 cm³/mol. The zero-order valence-corrected chi connectivity index (χ0v) is 10.8. The maximum Gasteiger partial charge on any atom is 0.222 e. The third-order valence-corrected chi connectivity index (χ3v) is 5.23. The molecule has 1 atom stereocenters. The molecule has 1 spiro atoms. The number of ether oxygens (including phenoxy) is 1. The van der Waals surface area contributed by atoms with Crippen LogP contribution in [0.25, 0.3) is 0 Å². The van der Waals surface area contributed by atoms with Crippen molar-refractivity contribution in [1.29, 1.82) is 0 Å². The Labute approximate surface area is 105 Å². The number of carbonyl (C=O) groups is 1. The fourth-order valence-electron chi connectivity index (χ4n) is 2.82. The molecule has 1 aromatic carbocycles. The molecule has 4 heteroatoms. The van der Waals surface area contributed by atoms with Crippen LogP contribution in [0.4, 0.5) is 0 Å². The van der Waals surface area contributed by atoms with Gasteiger partial charge in [-0.1, -0.05) is 17.8 Å². The molecule has 0 N–H and O–H groups in total. The second-order valence-electron chi connectivity index (χ2n) is 4.61. The van der Waals surface area contributed by atoms with Crippen LogP contribution in [0.15, 0.2) is 18.2 Å². The van der Waals surface area contributed by atoms with E-state index in [1.54, 1.807) is 7.11 Å². The topological polar surface area (TPSA) is 29.5 Å². The molecule has 1 saturated heterocycles. The molecule has 0 bridgehead atoms. The van der Waals surface area contributed by atoms with Gasteiger partial charge in [-0.25, -0.2) is 0 Å². The molecule has 1 fully saturated rings. The van der Waals surface area contributed by atoms with Crippen LogP contribution in [0.5, 0.6) is 5.75 Å². The number of hydrogen-bond acceptors (Lipinski definition) is 4. The lowest BCUT2D eigenvalue weighted by Crippen LogP contribution is -2.33. The van der Waals surface area contributed by atoms with Gasteiger partial charge in [0.15, 0.2) is 0 Å². The van der Waals surface area contributed by atoms with E-state index in [4.69, 9.17) is 4.74 Å². The van der Waals surface area contributed by atoms with Crippen molar-refractivity contribution in [2.24, 2.45) is 0 Å². The monoisotopic (exact) mass is 249 g/mol. The molecule has 90 valence electrons. The molecule has 0 saturated carbocycles. The summed E-state index contributed by atoms with van der Waals surface area (Å²) in [6.07, 6.45) is 2.21. The molecule has 0 amide bonds. The Balaban J connectivity index is 2.14. The van der Waals surface area contributed by atoms with Gasteiger partial charge in [0, 0.05) is 5.56 Å². The molecule has 0 aliphatic carbocycles. The molecule has 1 aromatic rings. The summed E-state index contributed by atoms with van der Waals surface area (Å²) < 4.78 is 5.19. The van der Waals surface area contributed by atoms with Crippen LogP contribution in [0, 0.1) is 0 Å². The number of fused-ring (bicyclic) bond motifs is 2. The van der Waals surface area contributed by atoms with E-state index >= 15 is 0 Å². The fraction of sp³-hybridized carbons (Fsp3) is 0.462. The largest absolute Gasteiger partial charge is 0.497 e. The van der Waals surface area contributed by atoms with Crippen LogP contribution < -0.4 is 4.74 Å². The lowest BCUT2D eigenvalue weighted by Gasteiger charge is -2.31. The summed E-state index contributed by atoms with van der Waals surface area (Å²) in [7, 11) is 3.73. The molecular weight excluding hydrogens is 234 g/mol. The van der Waals surface area contributed by atoms with E-state index in [9.17, 15) is 4.79 Å². The number of carbonyl (C=O) groups excluding carboxylic acids is 1. The van der Waals surface area contributed by atoms with Gasteiger partial charge in [-0.05, 0) is 44.1 Å². The van der Waals surface area contributed by atoms with Crippen molar-refractivity contribution in [2.45, 2.75) is 17.7 Å². The van der Waals surface area contributed by atoms with Crippen molar-refractivity contribution in [2.75, 3.05) is 20.7 Å². The van der Waals surface area contributed by atoms with E-state index < -0.39 is 0 Å². The van der Waals surface area contributed by atoms with E-state index in [-0.39, 0.29) is 9.99 Å². The highest BCUT2D eigenvalue weighted by molar-refractivity contribution is 8.15. The molecule has 0 radical (unpaired) electrons. The van der Waals surface area contributed by atoms with Gasteiger partial charge in [0.2, 0.25) is 5.12 Å². The highest BCUT2D eigenvalue weighted by Crippen LogP contribution is 2.54. The molecule has 3 rings (SSSR count). The molecule has 2 heterocycles. The number of likely N-dealkylation sites (tertiary alicyclic amines) is 1. The standard InChI is InChI=1S/C13H15NO2S/c1-14-7-3-6-13(14)11-5-4-9(16-2)8-10(11)12(15)17-13/h4-5,8H,3,6-7H2,1-2H3. The number of benzene rings is 1. The van der Waals surface area contributed by atoms with Gasteiger partial charge >= 0.3 is 0 Å². The Bertz CT molecular complexity index is 488. The summed E-state index contributed by atoms with van der Waals surface area (Å²) in [6, 6.07) is 5.87. The van der Waals surface area contributed by atoms with Gasteiger partial charge in [-0.2, -0.15) is 0 Å². The van der Waals surface area contributed by atoms with Gasteiger partial charge in [-0.3, -0.25) is 9.69 Å². The first-order valence-electron chi connectivity index (χ1n) is 5.80. The smallest absolute Gasteiger partial charge is 0.222 e. The maximum absolute atomic E-state index is 12.1. The minimum atomic E-state index is -0.112. The number of hydrogen-bond donors (Lipinski definition) is 0. The first-order valence-corrected chi connectivity index (χ1v) is 6.62. The lowest BCUT2D eigenvalue weighted by molar-refractivity contribution is 0.109. The Morgan fingerprint density at radius 3 is 2.94 bits per heavy atom. The molecule has 2 aliphatic heterocycles. The second kappa shape index (κ2) is 3.75. The number of methoxy groups -OCH3 is 1. The van der Waals surface area contributed by atoms with E-state index in [1.165, 1.54) is 11.8 Å². The SMILES string of the molecule is COc1ccc2c(c1)C(=O)SC21CCCN1C. The highest BCUT2D eigenvalue weighted by atomic mass is 32.2. The van der Waals surface area contributed by atoms with Crippen LogP contribution >= 0.6 is 11.8 Å². The quantitative estimate of drug-likeness (QED) is 0.764. The Hall–Kier alpha value is -1.00. The predicted octanol–water partition coefficient (Wildman–Crippen LogP) is 2.46. The number of thioether (sulfide) groups is 1. The van der Waals surface area contributed by atoms with E-state index in [0.29, 0.717) is 0 Å². The maximum atomic E-state index is 12.1. The molecule has 0 aromatic heterocycles. The van der Waals surface area contributed by atoms with Crippen LogP contribution in [0.3, 0.4) is 0 Å². The fourth-order valence-corrected chi connectivity index (χ4v) is 4.19. The van der Waals surface area contributed by atoms with Gasteiger partial charge in [0.25, 0.3) is 0 Å². The van der Waals surface area contributed by atoms with E-state index in [1.807, 2.05) is 18.2 Å². The number of rotatable bonds is 1. The van der Waals surface area contributed by atoms with Crippen molar-refractivity contribution in [3.05, 3.63) is 29.3 Å². The first-order chi connectivity index (χ1) is 8.17. The molecular formula is C13H15NO2S. The first kappa shape index (κ1) is 11.1. The minimum absolute atomic E-state index is 0.112. The highest BCUT2D eigenvalue weighted by Gasteiger charge is 2.49. The number of nitrogens with zero attached hydrogens (tertiary/aromatic N) is 1. The Kier molecular flexibility index (Phi) is 2.45. The summed E-state index contributed by atoms with van der Waals surface area (Å²) in [5.41, 5.74) is 1.98. The van der Waals surface area contributed by atoms with Crippen LogP contribution in [0.1, 0.15) is 28.8 Å².